The number of hydrogen-bond donors (Lipinski definition) is 1. The molecule has 1 N–H and O–H groups in total. The van der Waals surface area contributed by atoms with E-state index < -0.39 is 0 Å². The standard InChI is InChI=1S/C16H21N3O/c1-19-7-5-13(6-8-19)10-18-15-4-2-3-14(9-15)16-11-17-12-20-16/h2-4,9,11-13,18H,5-8,10H2,1H3. The zero-order valence-corrected chi connectivity index (χ0v) is 11.9. The van der Waals surface area contributed by atoms with Crippen LogP contribution >= 0.6 is 0 Å². The number of nitrogens with zero attached hydrogens (tertiary/aromatic N) is 2. The summed E-state index contributed by atoms with van der Waals surface area (Å²) >= 11 is 0. The van der Waals surface area contributed by atoms with Gasteiger partial charge in [-0.1, -0.05) is 12.1 Å². The number of likely N-dealkylation sites (tertiary alicyclic amines) is 1. The first-order valence-electron chi connectivity index (χ1n) is 7.22. The molecule has 0 radical (unpaired) electrons. The Hall–Kier alpha value is -1.81. The van der Waals surface area contributed by atoms with E-state index in [1.54, 1.807) is 6.20 Å². The van der Waals surface area contributed by atoms with E-state index in [9.17, 15) is 0 Å². The van der Waals surface area contributed by atoms with Crippen LogP contribution < -0.4 is 5.32 Å². The maximum absolute atomic E-state index is 5.34. The zero-order chi connectivity index (χ0) is 13.8. The second kappa shape index (κ2) is 6.09. The van der Waals surface area contributed by atoms with E-state index in [0.717, 1.165) is 29.5 Å². The van der Waals surface area contributed by atoms with Crippen LogP contribution in [0.2, 0.25) is 0 Å². The van der Waals surface area contributed by atoms with Gasteiger partial charge in [0.15, 0.2) is 12.2 Å². The van der Waals surface area contributed by atoms with Gasteiger partial charge in [-0.2, -0.15) is 0 Å². The maximum Gasteiger partial charge on any atom is 0.181 e. The minimum Gasteiger partial charge on any atom is -0.444 e. The highest BCUT2D eigenvalue weighted by atomic mass is 16.3. The predicted octanol–water partition coefficient (Wildman–Crippen LogP) is 3.10. The highest BCUT2D eigenvalue weighted by molar-refractivity contribution is 5.63. The fourth-order valence-electron chi connectivity index (χ4n) is 2.67. The fraction of sp³-hybridized carbons (Fsp3) is 0.438. The molecule has 0 spiro atoms. The highest BCUT2D eigenvalue weighted by Crippen LogP contribution is 2.23. The Kier molecular flexibility index (Phi) is 4.02. The third-order valence-electron chi connectivity index (χ3n) is 4.01. The number of benzene rings is 1. The quantitative estimate of drug-likeness (QED) is 0.927. The van der Waals surface area contributed by atoms with Gasteiger partial charge >= 0.3 is 0 Å². The van der Waals surface area contributed by atoms with Gasteiger partial charge in [-0.15, -0.1) is 0 Å². The van der Waals surface area contributed by atoms with E-state index in [1.165, 1.54) is 32.3 Å². The Labute approximate surface area is 119 Å². The molecule has 4 heteroatoms. The van der Waals surface area contributed by atoms with E-state index in [4.69, 9.17) is 4.42 Å². The lowest BCUT2D eigenvalue weighted by Gasteiger charge is -2.29. The summed E-state index contributed by atoms with van der Waals surface area (Å²) in [7, 11) is 2.20. The minimum absolute atomic E-state index is 0.778. The second-order valence-electron chi connectivity index (χ2n) is 5.57. The molecule has 1 aromatic heterocycles. The van der Waals surface area contributed by atoms with Crippen LogP contribution in [0.3, 0.4) is 0 Å². The number of rotatable bonds is 4. The summed E-state index contributed by atoms with van der Waals surface area (Å²) in [4.78, 5) is 6.37. The summed E-state index contributed by atoms with van der Waals surface area (Å²) in [6, 6.07) is 8.32. The number of hydrogen-bond acceptors (Lipinski definition) is 4. The van der Waals surface area contributed by atoms with Crippen LogP contribution in [0.5, 0.6) is 0 Å². The lowest BCUT2D eigenvalue weighted by Crippen LogP contribution is -2.32. The molecule has 0 aliphatic carbocycles. The van der Waals surface area contributed by atoms with Crippen molar-refractivity contribution in [3.05, 3.63) is 36.9 Å². The smallest absolute Gasteiger partial charge is 0.181 e. The molecule has 2 heterocycles. The van der Waals surface area contributed by atoms with Crippen LogP contribution in [0.4, 0.5) is 5.69 Å². The Morgan fingerprint density at radius 2 is 2.20 bits per heavy atom. The minimum atomic E-state index is 0.778. The lowest BCUT2D eigenvalue weighted by atomic mass is 9.97. The molecule has 1 fully saturated rings. The average molecular weight is 271 g/mol. The van der Waals surface area contributed by atoms with Crippen LogP contribution in [0.1, 0.15) is 12.8 Å². The summed E-state index contributed by atoms with van der Waals surface area (Å²) in [5.41, 5.74) is 2.22. The Morgan fingerprint density at radius 3 is 2.95 bits per heavy atom. The maximum atomic E-state index is 5.34. The molecular weight excluding hydrogens is 250 g/mol. The molecule has 0 atom stereocenters. The number of oxazole rings is 1. The molecule has 1 aliphatic rings. The van der Waals surface area contributed by atoms with Crippen molar-refractivity contribution < 1.29 is 4.42 Å². The number of nitrogens with one attached hydrogen (secondary N) is 1. The summed E-state index contributed by atoms with van der Waals surface area (Å²) < 4.78 is 5.34. The third-order valence-corrected chi connectivity index (χ3v) is 4.01. The van der Waals surface area contributed by atoms with Gasteiger partial charge < -0.3 is 14.6 Å². The SMILES string of the molecule is CN1CCC(CNc2cccc(-c3cnco3)c2)CC1. The van der Waals surface area contributed by atoms with Crippen molar-refractivity contribution in [2.45, 2.75) is 12.8 Å². The first-order valence-corrected chi connectivity index (χ1v) is 7.22. The van der Waals surface area contributed by atoms with Crippen molar-refractivity contribution in [2.24, 2.45) is 5.92 Å². The number of anilines is 1. The Balaban J connectivity index is 1.59. The number of aromatic nitrogens is 1. The summed E-state index contributed by atoms with van der Waals surface area (Å²) in [5, 5.41) is 3.55. The van der Waals surface area contributed by atoms with Crippen molar-refractivity contribution in [1.29, 1.82) is 0 Å². The molecule has 0 unspecified atom stereocenters. The fourth-order valence-corrected chi connectivity index (χ4v) is 2.67. The first-order chi connectivity index (χ1) is 9.81. The van der Waals surface area contributed by atoms with Crippen LogP contribution in [-0.2, 0) is 0 Å². The van der Waals surface area contributed by atoms with Gasteiger partial charge in [-0.3, -0.25) is 0 Å². The summed E-state index contributed by atoms with van der Waals surface area (Å²) in [5.74, 6) is 1.59. The Bertz CT molecular complexity index is 530. The van der Waals surface area contributed by atoms with Crippen molar-refractivity contribution in [3.8, 4) is 11.3 Å². The Morgan fingerprint density at radius 1 is 1.35 bits per heavy atom. The van der Waals surface area contributed by atoms with Crippen molar-refractivity contribution in [1.82, 2.24) is 9.88 Å². The van der Waals surface area contributed by atoms with Crippen LogP contribution in [0.15, 0.2) is 41.3 Å². The van der Waals surface area contributed by atoms with Gasteiger partial charge in [0.25, 0.3) is 0 Å². The van der Waals surface area contributed by atoms with Gasteiger partial charge in [-0.05, 0) is 51.0 Å². The average Bonchev–Trinajstić information content (AvgIpc) is 3.01. The topological polar surface area (TPSA) is 41.3 Å². The molecule has 0 amide bonds. The van der Waals surface area contributed by atoms with E-state index in [0.29, 0.717) is 0 Å². The molecule has 3 rings (SSSR count). The van der Waals surface area contributed by atoms with Crippen molar-refractivity contribution >= 4 is 5.69 Å². The van der Waals surface area contributed by atoms with Gasteiger partial charge in [-0.25, -0.2) is 4.98 Å². The first kappa shape index (κ1) is 13.2. The molecule has 4 nitrogen and oxygen atoms in total. The zero-order valence-electron chi connectivity index (χ0n) is 11.9. The molecule has 0 bridgehead atoms. The van der Waals surface area contributed by atoms with Gasteiger partial charge in [0.2, 0.25) is 0 Å². The van der Waals surface area contributed by atoms with Gasteiger partial charge in [0, 0.05) is 17.8 Å². The van der Waals surface area contributed by atoms with Gasteiger partial charge in [0.1, 0.15) is 0 Å². The summed E-state index contributed by atoms with van der Waals surface area (Å²) in [6.07, 6.45) is 5.78. The molecular formula is C16H21N3O. The van der Waals surface area contributed by atoms with Crippen molar-refractivity contribution in [2.75, 3.05) is 32.0 Å². The van der Waals surface area contributed by atoms with E-state index in [1.807, 2.05) is 6.07 Å². The second-order valence-corrected chi connectivity index (χ2v) is 5.57. The summed E-state index contributed by atoms with van der Waals surface area (Å²) in [6.45, 7) is 3.47. The molecule has 106 valence electrons. The monoisotopic (exact) mass is 271 g/mol. The molecule has 0 saturated carbocycles. The van der Waals surface area contributed by atoms with Crippen molar-refractivity contribution in [3.63, 3.8) is 0 Å². The van der Waals surface area contributed by atoms with E-state index in [-0.39, 0.29) is 0 Å². The van der Waals surface area contributed by atoms with E-state index in [2.05, 4.69) is 40.4 Å². The molecule has 1 saturated heterocycles. The molecule has 1 aromatic carbocycles. The molecule has 1 aliphatic heterocycles. The molecule has 2 aromatic rings. The van der Waals surface area contributed by atoms with Crippen LogP contribution in [-0.4, -0.2) is 36.6 Å². The normalized spacial score (nSPS) is 17.2. The van der Waals surface area contributed by atoms with Crippen LogP contribution in [0.25, 0.3) is 11.3 Å². The predicted molar refractivity (Wildman–Crippen MR) is 80.6 cm³/mol. The van der Waals surface area contributed by atoms with Crippen LogP contribution in [0, 0.1) is 5.92 Å². The van der Waals surface area contributed by atoms with Gasteiger partial charge in [0.05, 0.1) is 6.20 Å². The van der Waals surface area contributed by atoms with E-state index >= 15 is 0 Å². The lowest BCUT2D eigenvalue weighted by molar-refractivity contribution is 0.226. The highest BCUT2D eigenvalue weighted by Gasteiger charge is 2.16. The largest absolute Gasteiger partial charge is 0.444 e. The number of piperidine rings is 1. The molecule has 20 heavy (non-hydrogen) atoms. The third kappa shape index (κ3) is 3.20.